The van der Waals surface area contributed by atoms with Crippen LogP contribution in [0.1, 0.15) is 29.3 Å². The number of carbonyl (C=O) groups excluding carboxylic acids is 2. The second-order valence-corrected chi connectivity index (χ2v) is 6.80. The zero-order valence-corrected chi connectivity index (χ0v) is 17.4. The van der Waals surface area contributed by atoms with Crippen LogP contribution in [0.4, 0.5) is 13.2 Å². The van der Waals surface area contributed by atoms with Gasteiger partial charge in [0.15, 0.2) is 0 Å². The first-order valence-corrected chi connectivity index (χ1v) is 9.38. The van der Waals surface area contributed by atoms with Gasteiger partial charge in [-0.05, 0) is 37.6 Å². The molecule has 1 heterocycles. The molecule has 0 bridgehead atoms. The van der Waals surface area contributed by atoms with Gasteiger partial charge in [-0.15, -0.1) is 0 Å². The molecule has 1 amide bonds. The fraction of sp³-hybridized carbons (Fsp3) is 0.350. The maximum Gasteiger partial charge on any atom is 0.416 e. The van der Waals surface area contributed by atoms with E-state index in [1.807, 2.05) is 0 Å². The molecule has 2 rings (SSSR count). The molecule has 0 atom stereocenters. The molecule has 0 spiro atoms. The SMILES string of the molecule is CCOC(=O)CN(Cc1ccc(C(F)(F)F)cc1)C(=O)/C=C/c1c(C)nn(C)c1Cl. The summed E-state index contributed by atoms with van der Waals surface area (Å²) in [5.74, 6) is -1.15. The first kappa shape index (κ1) is 23.5. The third-order valence-corrected chi connectivity index (χ3v) is 4.63. The van der Waals surface area contributed by atoms with Crippen molar-refractivity contribution in [2.75, 3.05) is 13.2 Å². The van der Waals surface area contributed by atoms with Gasteiger partial charge in [-0.3, -0.25) is 14.3 Å². The summed E-state index contributed by atoms with van der Waals surface area (Å²) in [6, 6.07) is 4.38. The molecular formula is C20H21ClF3N3O3. The van der Waals surface area contributed by atoms with Crippen molar-refractivity contribution in [3.05, 3.63) is 57.9 Å². The molecular weight excluding hydrogens is 423 g/mol. The highest BCUT2D eigenvalue weighted by molar-refractivity contribution is 6.31. The normalized spacial score (nSPS) is 11.7. The van der Waals surface area contributed by atoms with Crippen molar-refractivity contribution >= 4 is 29.6 Å². The fourth-order valence-electron chi connectivity index (χ4n) is 2.69. The van der Waals surface area contributed by atoms with Crippen molar-refractivity contribution in [3.8, 4) is 0 Å². The van der Waals surface area contributed by atoms with Crippen molar-refractivity contribution in [3.63, 3.8) is 0 Å². The number of esters is 1. The van der Waals surface area contributed by atoms with E-state index in [-0.39, 0.29) is 19.7 Å². The Morgan fingerprint density at radius 2 is 1.90 bits per heavy atom. The number of hydrogen-bond acceptors (Lipinski definition) is 4. The Balaban J connectivity index is 2.22. The van der Waals surface area contributed by atoms with Crippen LogP contribution >= 0.6 is 11.6 Å². The van der Waals surface area contributed by atoms with Crippen LogP contribution in [0.3, 0.4) is 0 Å². The van der Waals surface area contributed by atoms with Gasteiger partial charge in [-0.1, -0.05) is 23.7 Å². The van der Waals surface area contributed by atoms with Crippen LogP contribution in [0.15, 0.2) is 30.3 Å². The Morgan fingerprint density at radius 3 is 2.40 bits per heavy atom. The summed E-state index contributed by atoms with van der Waals surface area (Å²) in [7, 11) is 1.66. The number of halogens is 4. The van der Waals surface area contributed by atoms with E-state index in [1.54, 1.807) is 20.9 Å². The van der Waals surface area contributed by atoms with Gasteiger partial charge in [-0.2, -0.15) is 18.3 Å². The molecule has 6 nitrogen and oxygen atoms in total. The smallest absolute Gasteiger partial charge is 0.416 e. The van der Waals surface area contributed by atoms with Crippen molar-refractivity contribution in [1.82, 2.24) is 14.7 Å². The van der Waals surface area contributed by atoms with Gasteiger partial charge in [0.25, 0.3) is 0 Å². The lowest BCUT2D eigenvalue weighted by atomic mass is 10.1. The van der Waals surface area contributed by atoms with Gasteiger partial charge in [0.1, 0.15) is 11.7 Å². The molecule has 2 aromatic rings. The summed E-state index contributed by atoms with van der Waals surface area (Å²) in [6.07, 6.45) is -1.74. The lowest BCUT2D eigenvalue weighted by Crippen LogP contribution is -2.35. The van der Waals surface area contributed by atoms with Crippen molar-refractivity contribution in [2.24, 2.45) is 7.05 Å². The highest BCUT2D eigenvalue weighted by Crippen LogP contribution is 2.29. The molecule has 0 aliphatic rings. The highest BCUT2D eigenvalue weighted by atomic mass is 35.5. The first-order chi connectivity index (χ1) is 14.0. The molecule has 0 aliphatic carbocycles. The number of nitrogens with zero attached hydrogens (tertiary/aromatic N) is 3. The molecule has 0 N–H and O–H groups in total. The summed E-state index contributed by atoms with van der Waals surface area (Å²) in [4.78, 5) is 25.8. The molecule has 0 saturated carbocycles. The highest BCUT2D eigenvalue weighted by Gasteiger charge is 2.30. The Morgan fingerprint density at radius 1 is 1.27 bits per heavy atom. The largest absolute Gasteiger partial charge is 0.465 e. The summed E-state index contributed by atoms with van der Waals surface area (Å²) in [6.45, 7) is 3.08. The third-order valence-electron chi connectivity index (χ3n) is 4.18. The van der Waals surface area contributed by atoms with Crippen LogP contribution in [0.5, 0.6) is 0 Å². The third kappa shape index (κ3) is 6.09. The number of aromatic nitrogens is 2. The molecule has 0 aliphatic heterocycles. The second kappa shape index (κ2) is 9.80. The summed E-state index contributed by atoms with van der Waals surface area (Å²) in [5, 5.41) is 4.49. The van der Waals surface area contributed by atoms with Crippen LogP contribution in [0.2, 0.25) is 5.15 Å². The lowest BCUT2D eigenvalue weighted by Gasteiger charge is -2.20. The average Bonchev–Trinajstić information content (AvgIpc) is 2.90. The molecule has 0 radical (unpaired) electrons. The summed E-state index contributed by atoms with van der Waals surface area (Å²) >= 11 is 6.14. The van der Waals surface area contributed by atoms with Gasteiger partial charge >= 0.3 is 12.1 Å². The molecule has 1 aromatic heterocycles. The van der Waals surface area contributed by atoms with E-state index < -0.39 is 23.6 Å². The van der Waals surface area contributed by atoms with Crippen molar-refractivity contribution in [1.29, 1.82) is 0 Å². The molecule has 30 heavy (non-hydrogen) atoms. The van der Waals surface area contributed by atoms with Crippen molar-refractivity contribution < 1.29 is 27.5 Å². The zero-order valence-electron chi connectivity index (χ0n) is 16.7. The van der Waals surface area contributed by atoms with E-state index in [2.05, 4.69) is 5.10 Å². The number of alkyl halides is 3. The molecule has 0 unspecified atom stereocenters. The van der Waals surface area contributed by atoms with Gasteiger partial charge in [-0.25, -0.2) is 0 Å². The number of ether oxygens (including phenoxy) is 1. The topological polar surface area (TPSA) is 64.4 Å². The number of hydrogen-bond donors (Lipinski definition) is 0. The van der Waals surface area contributed by atoms with Gasteiger partial charge in [0, 0.05) is 25.2 Å². The maximum absolute atomic E-state index is 12.7. The van der Waals surface area contributed by atoms with Crippen molar-refractivity contribution in [2.45, 2.75) is 26.6 Å². The van der Waals surface area contributed by atoms with Crippen LogP contribution < -0.4 is 0 Å². The quantitative estimate of drug-likeness (QED) is 0.479. The first-order valence-electron chi connectivity index (χ1n) is 9.00. The summed E-state index contributed by atoms with van der Waals surface area (Å²) < 4.78 is 44.6. The van der Waals surface area contributed by atoms with Crippen LogP contribution in [-0.4, -0.2) is 39.7 Å². The van der Waals surface area contributed by atoms with E-state index in [0.29, 0.717) is 22.0 Å². The zero-order chi connectivity index (χ0) is 22.5. The maximum atomic E-state index is 12.7. The predicted molar refractivity (Wildman–Crippen MR) is 105 cm³/mol. The van der Waals surface area contributed by atoms with E-state index >= 15 is 0 Å². The second-order valence-electron chi connectivity index (χ2n) is 6.44. The number of benzene rings is 1. The van der Waals surface area contributed by atoms with Gasteiger partial charge < -0.3 is 9.64 Å². The number of rotatable bonds is 7. The fourth-order valence-corrected chi connectivity index (χ4v) is 2.93. The van der Waals surface area contributed by atoms with E-state index in [4.69, 9.17) is 16.3 Å². The number of aryl methyl sites for hydroxylation is 2. The number of amides is 1. The average molecular weight is 444 g/mol. The number of carbonyl (C=O) groups is 2. The minimum Gasteiger partial charge on any atom is -0.465 e. The standard InChI is InChI=1S/C20H21ClF3N3O3/c1-4-30-18(29)12-27(11-14-5-7-15(8-6-14)20(22,23)24)17(28)10-9-16-13(2)25-26(3)19(16)21/h5-10H,4,11-12H2,1-3H3/b10-9+. The van der Waals surface area contributed by atoms with E-state index in [1.165, 1.54) is 33.9 Å². The molecule has 0 saturated heterocycles. The van der Waals surface area contributed by atoms with Gasteiger partial charge in [0.2, 0.25) is 5.91 Å². The molecule has 162 valence electrons. The van der Waals surface area contributed by atoms with Gasteiger partial charge in [0.05, 0.1) is 17.9 Å². The van der Waals surface area contributed by atoms with E-state index in [9.17, 15) is 22.8 Å². The lowest BCUT2D eigenvalue weighted by molar-refractivity contribution is -0.148. The Hall–Kier alpha value is -2.81. The minimum absolute atomic E-state index is 0.0696. The van der Waals surface area contributed by atoms with Crippen LogP contribution in [0, 0.1) is 6.92 Å². The van der Waals surface area contributed by atoms with E-state index in [0.717, 1.165) is 12.1 Å². The summed E-state index contributed by atoms with van der Waals surface area (Å²) in [5.41, 5.74) is 0.810. The minimum atomic E-state index is -4.46. The predicted octanol–water partition coefficient (Wildman–Crippen LogP) is 4.01. The van der Waals surface area contributed by atoms with Crippen LogP contribution in [0.25, 0.3) is 6.08 Å². The van der Waals surface area contributed by atoms with Crippen LogP contribution in [-0.2, 0) is 34.1 Å². The monoisotopic (exact) mass is 443 g/mol. The Kier molecular flexibility index (Phi) is 7.66. The molecule has 1 aromatic carbocycles. The molecule has 10 heteroatoms. The Labute approximate surface area is 176 Å². The Bertz CT molecular complexity index is 937. The molecule has 0 fully saturated rings.